The van der Waals surface area contributed by atoms with Gasteiger partial charge in [0, 0.05) is 30.3 Å². The van der Waals surface area contributed by atoms with Gasteiger partial charge in [0.25, 0.3) is 0 Å². The van der Waals surface area contributed by atoms with Gasteiger partial charge < -0.3 is 10.3 Å². The summed E-state index contributed by atoms with van der Waals surface area (Å²) < 4.78 is 4.03. The molecule has 0 unspecified atom stereocenters. The van der Waals surface area contributed by atoms with E-state index < -0.39 is 0 Å². The summed E-state index contributed by atoms with van der Waals surface area (Å²) in [6, 6.07) is 0. The molecular weight excluding hydrogens is 250 g/mol. The minimum Gasteiger partial charge on any atom is -0.383 e. The van der Waals surface area contributed by atoms with Crippen molar-refractivity contribution in [3.05, 3.63) is 18.2 Å². The number of rotatable bonds is 4. The van der Waals surface area contributed by atoms with Crippen LogP contribution in [0.25, 0.3) is 11.3 Å². The maximum absolute atomic E-state index is 6.29. The van der Waals surface area contributed by atoms with Crippen molar-refractivity contribution in [3.8, 4) is 11.3 Å². The molecule has 0 amide bonds. The van der Waals surface area contributed by atoms with Gasteiger partial charge in [-0.05, 0) is 13.3 Å². The highest BCUT2D eigenvalue weighted by Crippen LogP contribution is 2.31. The largest absolute Gasteiger partial charge is 0.383 e. The Hall–Kier alpha value is -1.78. The fraction of sp³-hybridized carbons (Fsp3) is 0.600. The highest BCUT2D eigenvalue weighted by molar-refractivity contribution is 5.70. The zero-order chi connectivity index (χ0) is 14.9. The topological polar surface area (TPSA) is 61.7 Å². The van der Waals surface area contributed by atoms with Crippen molar-refractivity contribution in [3.63, 3.8) is 0 Å². The quantitative estimate of drug-likeness (QED) is 0.932. The lowest BCUT2D eigenvalue weighted by atomic mass is 9.96. The number of hydrogen-bond acceptors (Lipinski definition) is 3. The number of anilines is 1. The van der Waals surface area contributed by atoms with Crippen LogP contribution in [-0.2, 0) is 18.5 Å². The third-order valence-corrected chi connectivity index (χ3v) is 3.35. The van der Waals surface area contributed by atoms with E-state index in [2.05, 4.69) is 44.3 Å². The molecule has 0 atom stereocenters. The first-order valence-electron chi connectivity index (χ1n) is 7.27. The van der Waals surface area contributed by atoms with Crippen LogP contribution in [0.5, 0.6) is 0 Å². The first kappa shape index (κ1) is 14.6. The summed E-state index contributed by atoms with van der Waals surface area (Å²) in [5, 5.41) is 4.36. The maximum atomic E-state index is 6.29. The standard InChI is InChI=1S/C15H25N5/c1-6-8-19-10-11(9-17-19)12-13(16)20(7-2)14(18-12)15(3,4)5/h9-10H,6-8,16H2,1-5H3. The predicted octanol–water partition coefficient (Wildman–Crippen LogP) is 3.06. The van der Waals surface area contributed by atoms with Gasteiger partial charge >= 0.3 is 0 Å². The number of aromatic nitrogens is 4. The Bertz CT molecular complexity index is 586. The van der Waals surface area contributed by atoms with Gasteiger partial charge in [0.2, 0.25) is 0 Å². The van der Waals surface area contributed by atoms with Crippen molar-refractivity contribution in [1.82, 2.24) is 19.3 Å². The van der Waals surface area contributed by atoms with Gasteiger partial charge in [-0.3, -0.25) is 4.68 Å². The summed E-state index contributed by atoms with van der Waals surface area (Å²) in [7, 11) is 0. The van der Waals surface area contributed by atoms with E-state index in [-0.39, 0.29) is 5.41 Å². The van der Waals surface area contributed by atoms with Crippen molar-refractivity contribution in [2.75, 3.05) is 5.73 Å². The molecule has 2 rings (SSSR count). The molecule has 0 fully saturated rings. The lowest BCUT2D eigenvalue weighted by Crippen LogP contribution is -2.19. The monoisotopic (exact) mass is 275 g/mol. The molecule has 0 aliphatic heterocycles. The van der Waals surface area contributed by atoms with Crippen molar-refractivity contribution < 1.29 is 0 Å². The second-order valence-electron chi connectivity index (χ2n) is 6.16. The fourth-order valence-electron chi connectivity index (χ4n) is 2.41. The highest BCUT2D eigenvalue weighted by atomic mass is 15.3. The molecule has 5 nitrogen and oxygen atoms in total. The molecule has 20 heavy (non-hydrogen) atoms. The Morgan fingerprint density at radius 2 is 1.95 bits per heavy atom. The molecule has 0 spiro atoms. The summed E-state index contributed by atoms with van der Waals surface area (Å²) in [6.07, 6.45) is 4.93. The van der Waals surface area contributed by atoms with Crippen molar-refractivity contribution in [2.24, 2.45) is 0 Å². The van der Waals surface area contributed by atoms with Gasteiger partial charge in [0.15, 0.2) is 0 Å². The molecule has 2 aromatic rings. The lowest BCUT2D eigenvalue weighted by molar-refractivity contribution is 0.508. The summed E-state index contributed by atoms with van der Waals surface area (Å²) in [6.45, 7) is 12.5. The van der Waals surface area contributed by atoms with Crippen LogP contribution in [0.15, 0.2) is 12.4 Å². The van der Waals surface area contributed by atoms with Gasteiger partial charge in [-0.1, -0.05) is 27.7 Å². The Balaban J connectivity index is 2.49. The van der Waals surface area contributed by atoms with Crippen LogP contribution in [0.2, 0.25) is 0 Å². The Kier molecular flexibility index (Phi) is 3.88. The lowest BCUT2D eigenvalue weighted by Gasteiger charge is -2.19. The van der Waals surface area contributed by atoms with Crippen molar-refractivity contribution in [2.45, 2.75) is 59.5 Å². The van der Waals surface area contributed by atoms with Gasteiger partial charge in [-0.15, -0.1) is 0 Å². The molecule has 2 N–H and O–H groups in total. The van der Waals surface area contributed by atoms with E-state index in [1.165, 1.54) is 0 Å². The minimum absolute atomic E-state index is 0.0260. The van der Waals surface area contributed by atoms with E-state index >= 15 is 0 Å². The summed E-state index contributed by atoms with van der Waals surface area (Å²) in [5.41, 5.74) is 8.10. The molecular formula is C15H25N5. The van der Waals surface area contributed by atoms with E-state index in [1.807, 2.05) is 17.1 Å². The maximum Gasteiger partial charge on any atom is 0.131 e. The van der Waals surface area contributed by atoms with Crippen molar-refractivity contribution in [1.29, 1.82) is 0 Å². The normalized spacial score (nSPS) is 12.1. The van der Waals surface area contributed by atoms with Crippen molar-refractivity contribution >= 4 is 5.82 Å². The molecule has 2 aromatic heterocycles. The average molecular weight is 275 g/mol. The number of nitrogens with two attached hydrogens (primary N) is 1. The zero-order valence-corrected chi connectivity index (χ0v) is 13.1. The minimum atomic E-state index is -0.0260. The molecule has 0 saturated carbocycles. The van der Waals surface area contributed by atoms with Crippen LogP contribution < -0.4 is 5.73 Å². The Labute approximate surface area is 120 Å². The first-order chi connectivity index (χ1) is 9.38. The van der Waals surface area contributed by atoms with E-state index in [4.69, 9.17) is 10.7 Å². The molecule has 0 saturated heterocycles. The second kappa shape index (κ2) is 5.31. The number of hydrogen-bond donors (Lipinski definition) is 1. The molecule has 0 aromatic carbocycles. The van der Waals surface area contributed by atoms with Gasteiger partial charge in [-0.25, -0.2) is 4.98 Å². The SMILES string of the molecule is CCCn1cc(-c2nc(C(C)(C)C)n(CC)c2N)cn1. The third-order valence-electron chi connectivity index (χ3n) is 3.35. The zero-order valence-electron chi connectivity index (χ0n) is 13.1. The van der Waals surface area contributed by atoms with E-state index in [0.717, 1.165) is 42.4 Å². The van der Waals surface area contributed by atoms with Crippen LogP contribution in [-0.4, -0.2) is 19.3 Å². The molecule has 2 heterocycles. The molecule has 0 aliphatic rings. The van der Waals surface area contributed by atoms with E-state index in [1.54, 1.807) is 0 Å². The van der Waals surface area contributed by atoms with Gasteiger partial charge in [-0.2, -0.15) is 5.10 Å². The summed E-state index contributed by atoms with van der Waals surface area (Å²) in [5.74, 6) is 1.75. The van der Waals surface area contributed by atoms with E-state index in [9.17, 15) is 0 Å². The Morgan fingerprint density at radius 1 is 1.25 bits per heavy atom. The van der Waals surface area contributed by atoms with Gasteiger partial charge in [0.1, 0.15) is 17.3 Å². The number of aryl methyl sites for hydroxylation is 1. The molecule has 0 radical (unpaired) electrons. The number of nitrogens with zero attached hydrogens (tertiary/aromatic N) is 4. The first-order valence-corrected chi connectivity index (χ1v) is 7.27. The predicted molar refractivity (Wildman–Crippen MR) is 82.5 cm³/mol. The molecule has 5 heteroatoms. The van der Waals surface area contributed by atoms with Crippen LogP contribution >= 0.6 is 0 Å². The fourth-order valence-corrected chi connectivity index (χ4v) is 2.41. The molecule has 0 aliphatic carbocycles. The smallest absolute Gasteiger partial charge is 0.131 e. The number of nitrogen functional groups attached to an aromatic ring is 1. The number of imidazole rings is 1. The van der Waals surface area contributed by atoms with Crippen LogP contribution in [0.3, 0.4) is 0 Å². The second-order valence-corrected chi connectivity index (χ2v) is 6.16. The Morgan fingerprint density at radius 3 is 2.45 bits per heavy atom. The molecule has 110 valence electrons. The third kappa shape index (κ3) is 2.57. The highest BCUT2D eigenvalue weighted by Gasteiger charge is 2.25. The summed E-state index contributed by atoms with van der Waals surface area (Å²) >= 11 is 0. The van der Waals surface area contributed by atoms with Crippen LogP contribution in [0.1, 0.15) is 46.9 Å². The summed E-state index contributed by atoms with van der Waals surface area (Å²) in [4.78, 5) is 4.78. The van der Waals surface area contributed by atoms with E-state index in [0.29, 0.717) is 0 Å². The van der Waals surface area contributed by atoms with Crippen LogP contribution in [0, 0.1) is 0 Å². The molecule has 0 bridgehead atoms. The average Bonchev–Trinajstić information content (AvgIpc) is 2.93. The van der Waals surface area contributed by atoms with Crippen LogP contribution in [0.4, 0.5) is 5.82 Å². The van der Waals surface area contributed by atoms with Gasteiger partial charge in [0.05, 0.1) is 6.20 Å².